The molecule has 1 saturated heterocycles. The first-order valence-corrected chi connectivity index (χ1v) is 8.48. The number of carbonyl (C=O) groups is 4. The minimum absolute atomic E-state index is 0.0663. The Morgan fingerprint density at radius 1 is 1.20 bits per heavy atom. The van der Waals surface area contributed by atoms with Gasteiger partial charge >= 0.3 is 0 Å². The molecule has 1 fully saturated rings. The van der Waals surface area contributed by atoms with Gasteiger partial charge in [0.1, 0.15) is 6.04 Å². The molecule has 1 aliphatic heterocycles. The van der Waals surface area contributed by atoms with Gasteiger partial charge in [-0.1, -0.05) is 0 Å². The molecule has 4 amide bonds. The number of primary amides is 2. The number of nitrogens with zero attached hydrogens (tertiary/aromatic N) is 2. The number of hydrogen-bond acceptors (Lipinski definition) is 5. The van der Waals surface area contributed by atoms with Gasteiger partial charge in [0.15, 0.2) is 0 Å². The minimum atomic E-state index is -0.749. The molecule has 0 bridgehead atoms. The number of hydrogen-bond donors (Lipinski definition) is 3. The lowest BCUT2D eigenvalue weighted by Crippen LogP contribution is -2.51. The van der Waals surface area contributed by atoms with Gasteiger partial charge in [-0.15, -0.1) is 0 Å². The van der Waals surface area contributed by atoms with Crippen LogP contribution in [0.1, 0.15) is 32.1 Å². The summed E-state index contributed by atoms with van der Waals surface area (Å²) in [6.45, 7) is 1.65. The van der Waals surface area contributed by atoms with Crippen LogP contribution in [-0.4, -0.2) is 73.2 Å². The summed E-state index contributed by atoms with van der Waals surface area (Å²) in [4.78, 5) is 49.9. The Bertz CT molecular complexity index is 511. The van der Waals surface area contributed by atoms with Crippen molar-refractivity contribution in [3.8, 4) is 0 Å². The normalized spacial score (nSPS) is 19.0. The molecule has 25 heavy (non-hydrogen) atoms. The van der Waals surface area contributed by atoms with Crippen molar-refractivity contribution in [2.45, 2.75) is 38.1 Å². The fraction of sp³-hybridized carbons (Fsp3) is 0.750. The molecule has 0 saturated carbocycles. The fourth-order valence-electron chi connectivity index (χ4n) is 3.10. The number of likely N-dealkylation sites (tertiary alicyclic amines) is 1. The van der Waals surface area contributed by atoms with E-state index >= 15 is 0 Å². The Labute approximate surface area is 148 Å². The third-order valence-electron chi connectivity index (χ3n) is 4.29. The van der Waals surface area contributed by atoms with E-state index in [2.05, 4.69) is 10.2 Å². The molecule has 2 atom stereocenters. The SMILES string of the molecule is CN1CCCC(C[C@H](NC(=O)CCC(N)=O)C(=O)N(C)CC(N)=O)C1. The third-order valence-corrected chi connectivity index (χ3v) is 4.29. The number of likely N-dealkylation sites (N-methyl/N-ethyl adjacent to an activating group) is 1. The van der Waals surface area contributed by atoms with E-state index < -0.39 is 23.8 Å². The van der Waals surface area contributed by atoms with E-state index in [1.54, 1.807) is 0 Å². The molecule has 142 valence electrons. The van der Waals surface area contributed by atoms with Crippen molar-refractivity contribution in [1.29, 1.82) is 0 Å². The van der Waals surface area contributed by atoms with Crippen LogP contribution in [0.5, 0.6) is 0 Å². The van der Waals surface area contributed by atoms with Crippen LogP contribution in [0.25, 0.3) is 0 Å². The first-order chi connectivity index (χ1) is 11.7. The third kappa shape index (κ3) is 7.97. The van der Waals surface area contributed by atoms with Gasteiger partial charge < -0.3 is 26.6 Å². The Morgan fingerprint density at radius 3 is 2.44 bits per heavy atom. The number of carbonyl (C=O) groups excluding carboxylic acids is 4. The highest BCUT2D eigenvalue weighted by Crippen LogP contribution is 2.21. The summed E-state index contributed by atoms with van der Waals surface area (Å²) >= 11 is 0. The van der Waals surface area contributed by atoms with Gasteiger partial charge in [-0.3, -0.25) is 19.2 Å². The van der Waals surface area contributed by atoms with E-state index in [4.69, 9.17) is 11.5 Å². The molecule has 5 N–H and O–H groups in total. The Hall–Kier alpha value is -2.16. The van der Waals surface area contributed by atoms with Crippen molar-refractivity contribution in [3.63, 3.8) is 0 Å². The summed E-state index contributed by atoms with van der Waals surface area (Å²) in [5, 5.41) is 2.68. The fourth-order valence-corrected chi connectivity index (χ4v) is 3.10. The smallest absolute Gasteiger partial charge is 0.245 e. The largest absolute Gasteiger partial charge is 0.370 e. The lowest BCUT2D eigenvalue weighted by molar-refractivity contribution is -0.138. The summed E-state index contributed by atoms with van der Waals surface area (Å²) in [5.74, 6) is -1.69. The number of amides is 4. The van der Waals surface area contributed by atoms with Gasteiger partial charge in [-0.25, -0.2) is 0 Å². The number of nitrogens with one attached hydrogen (secondary N) is 1. The lowest BCUT2D eigenvalue weighted by atomic mass is 9.91. The molecule has 0 aromatic rings. The first-order valence-electron chi connectivity index (χ1n) is 8.48. The van der Waals surface area contributed by atoms with Crippen LogP contribution in [0, 0.1) is 5.92 Å². The second kappa shape index (κ2) is 9.97. The second-order valence-electron chi connectivity index (χ2n) is 6.75. The maximum absolute atomic E-state index is 12.6. The maximum Gasteiger partial charge on any atom is 0.245 e. The van der Waals surface area contributed by atoms with Crippen molar-refractivity contribution in [2.75, 3.05) is 33.7 Å². The molecular weight excluding hydrogens is 326 g/mol. The van der Waals surface area contributed by atoms with Crippen molar-refractivity contribution in [2.24, 2.45) is 17.4 Å². The number of piperidine rings is 1. The predicted octanol–water partition coefficient (Wildman–Crippen LogP) is -1.59. The van der Waals surface area contributed by atoms with Crippen LogP contribution in [-0.2, 0) is 19.2 Å². The van der Waals surface area contributed by atoms with E-state index in [1.165, 1.54) is 11.9 Å². The highest BCUT2D eigenvalue weighted by atomic mass is 16.2. The standard InChI is InChI=1S/C16H29N5O4/c1-20-7-3-4-11(9-20)8-12(16(25)21(2)10-14(18)23)19-15(24)6-5-13(17)22/h11-12H,3-10H2,1-2H3,(H2,17,22)(H2,18,23)(H,19,24)/t11?,12-/m0/s1. The quantitative estimate of drug-likeness (QED) is 0.458. The molecule has 0 aliphatic carbocycles. The van der Waals surface area contributed by atoms with Crippen LogP contribution in [0.4, 0.5) is 0 Å². The monoisotopic (exact) mass is 355 g/mol. The summed E-state index contributed by atoms with van der Waals surface area (Å²) < 4.78 is 0. The van der Waals surface area contributed by atoms with Crippen LogP contribution >= 0.6 is 0 Å². The molecule has 1 aliphatic rings. The van der Waals surface area contributed by atoms with Crippen molar-refractivity contribution in [3.05, 3.63) is 0 Å². The molecule has 9 heteroatoms. The topological polar surface area (TPSA) is 139 Å². The molecule has 9 nitrogen and oxygen atoms in total. The molecule has 0 radical (unpaired) electrons. The average Bonchev–Trinajstić information content (AvgIpc) is 2.51. The van der Waals surface area contributed by atoms with E-state index in [0.717, 1.165) is 25.9 Å². The number of nitrogens with two attached hydrogens (primary N) is 2. The zero-order valence-corrected chi connectivity index (χ0v) is 15.0. The summed E-state index contributed by atoms with van der Waals surface area (Å²) in [6, 6.07) is -0.749. The highest BCUT2D eigenvalue weighted by molar-refractivity contribution is 5.91. The first kappa shape index (κ1) is 20.9. The average molecular weight is 355 g/mol. The van der Waals surface area contributed by atoms with Gasteiger partial charge in [-0.05, 0) is 38.8 Å². The lowest BCUT2D eigenvalue weighted by Gasteiger charge is -2.33. The molecule has 1 rings (SSSR count). The van der Waals surface area contributed by atoms with Gasteiger partial charge in [-0.2, -0.15) is 0 Å². The maximum atomic E-state index is 12.6. The van der Waals surface area contributed by atoms with E-state index in [9.17, 15) is 19.2 Å². The zero-order valence-electron chi connectivity index (χ0n) is 15.0. The summed E-state index contributed by atoms with van der Waals surface area (Å²) in [7, 11) is 3.50. The Balaban J connectivity index is 2.74. The predicted molar refractivity (Wildman–Crippen MR) is 92.0 cm³/mol. The van der Waals surface area contributed by atoms with Crippen LogP contribution < -0.4 is 16.8 Å². The molecule has 0 aromatic carbocycles. The van der Waals surface area contributed by atoms with Gasteiger partial charge in [0.2, 0.25) is 23.6 Å². The van der Waals surface area contributed by atoms with Crippen LogP contribution in [0.2, 0.25) is 0 Å². The molecule has 0 aromatic heterocycles. The zero-order chi connectivity index (χ0) is 19.0. The van der Waals surface area contributed by atoms with Crippen molar-refractivity contribution >= 4 is 23.6 Å². The molecule has 0 spiro atoms. The van der Waals surface area contributed by atoms with Gasteiger partial charge in [0, 0.05) is 26.4 Å². The van der Waals surface area contributed by atoms with Gasteiger partial charge in [0.05, 0.1) is 6.54 Å². The number of rotatable bonds is 9. The minimum Gasteiger partial charge on any atom is -0.370 e. The van der Waals surface area contributed by atoms with Crippen molar-refractivity contribution in [1.82, 2.24) is 15.1 Å². The highest BCUT2D eigenvalue weighted by Gasteiger charge is 2.29. The van der Waals surface area contributed by atoms with E-state index in [1.807, 2.05) is 7.05 Å². The van der Waals surface area contributed by atoms with E-state index in [0.29, 0.717) is 6.42 Å². The van der Waals surface area contributed by atoms with Crippen molar-refractivity contribution < 1.29 is 19.2 Å². The molecule has 1 unspecified atom stereocenters. The molecular formula is C16H29N5O4. The Morgan fingerprint density at radius 2 is 1.88 bits per heavy atom. The molecule has 1 heterocycles. The Kier molecular flexibility index (Phi) is 8.33. The summed E-state index contributed by atoms with van der Waals surface area (Å²) in [5.41, 5.74) is 10.2. The van der Waals surface area contributed by atoms with Crippen LogP contribution in [0.15, 0.2) is 0 Å². The van der Waals surface area contributed by atoms with Crippen LogP contribution in [0.3, 0.4) is 0 Å². The van der Waals surface area contributed by atoms with E-state index in [-0.39, 0.29) is 31.2 Å². The second-order valence-corrected chi connectivity index (χ2v) is 6.75. The van der Waals surface area contributed by atoms with Gasteiger partial charge in [0.25, 0.3) is 0 Å². The summed E-state index contributed by atoms with van der Waals surface area (Å²) in [6.07, 6.45) is 2.35.